The van der Waals surface area contributed by atoms with E-state index < -0.39 is 11.7 Å². The highest BCUT2D eigenvalue weighted by Crippen LogP contribution is 2.28. The molecule has 2 fully saturated rings. The summed E-state index contributed by atoms with van der Waals surface area (Å²) in [4.78, 5) is 3.83. The van der Waals surface area contributed by atoms with Crippen molar-refractivity contribution < 1.29 is 17.9 Å². The van der Waals surface area contributed by atoms with Gasteiger partial charge in [-0.05, 0) is 18.6 Å². The first-order valence-electron chi connectivity index (χ1n) is 6.16. The van der Waals surface area contributed by atoms with E-state index in [9.17, 15) is 13.2 Å². The number of hydrogen-bond donors (Lipinski definition) is 1. The minimum absolute atomic E-state index is 0.290. The maximum absolute atomic E-state index is 12.4. The first-order valence-corrected chi connectivity index (χ1v) is 6.16. The molecule has 0 saturated carbocycles. The van der Waals surface area contributed by atoms with Gasteiger partial charge in [0, 0.05) is 12.7 Å². The highest BCUT2D eigenvalue weighted by molar-refractivity contribution is 5.16. The van der Waals surface area contributed by atoms with Gasteiger partial charge in [0.25, 0.3) is 0 Å². The fraction of sp³-hybridized carbons (Fsp3) is 0.583. The zero-order valence-electron chi connectivity index (χ0n) is 10.2. The number of alkyl halides is 3. The predicted octanol–water partition coefficient (Wildman–Crippen LogP) is 1.58. The first-order chi connectivity index (χ1) is 9.02. The summed E-state index contributed by atoms with van der Waals surface area (Å²) in [6, 6.07) is 2.84. The van der Waals surface area contributed by atoms with E-state index >= 15 is 0 Å². The third kappa shape index (κ3) is 2.72. The van der Waals surface area contributed by atoms with Crippen LogP contribution in [0, 0.1) is 0 Å². The molecule has 0 unspecified atom stereocenters. The molecule has 1 aromatic rings. The summed E-state index contributed by atoms with van der Waals surface area (Å²) in [6.45, 7) is 1.98. The molecule has 2 atom stereocenters. The Labute approximate surface area is 108 Å². The van der Waals surface area contributed by atoms with Gasteiger partial charge in [0.05, 0.1) is 36.6 Å². The molecular weight excluding hydrogens is 259 g/mol. The summed E-state index contributed by atoms with van der Waals surface area (Å²) in [5.74, 6) is 0. The SMILES string of the molecule is FC(F)(F)c1ccc(CNN2C[C@H]3C[C@@H]2CO3)nc1. The summed E-state index contributed by atoms with van der Waals surface area (Å²) in [6.07, 6.45) is -2.15. The fourth-order valence-corrected chi connectivity index (χ4v) is 2.47. The molecule has 2 aliphatic heterocycles. The van der Waals surface area contributed by atoms with Crippen molar-refractivity contribution in [3.05, 3.63) is 29.6 Å². The largest absolute Gasteiger partial charge is 0.417 e. The summed E-state index contributed by atoms with van der Waals surface area (Å²) in [5, 5.41) is 2.09. The maximum Gasteiger partial charge on any atom is 0.417 e. The summed E-state index contributed by atoms with van der Waals surface area (Å²) >= 11 is 0. The van der Waals surface area contributed by atoms with Crippen molar-refractivity contribution in [3.63, 3.8) is 0 Å². The third-order valence-electron chi connectivity index (χ3n) is 3.52. The molecule has 0 radical (unpaired) electrons. The van der Waals surface area contributed by atoms with Crippen LogP contribution in [0.3, 0.4) is 0 Å². The molecule has 0 aliphatic carbocycles. The minimum Gasteiger partial charge on any atom is -0.375 e. The molecule has 3 heterocycles. The Balaban J connectivity index is 1.56. The van der Waals surface area contributed by atoms with Crippen molar-refractivity contribution in [2.75, 3.05) is 13.2 Å². The lowest BCUT2D eigenvalue weighted by molar-refractivity contribution is -0.137. The van der Waals surface area contributed by atoms with Crippen LogP contribution in [0.5, 0.6) is 0 Å². The van der Waals surface area contributed by atoms with E-state index in [1.54, 1.807) is 0 Å². The number of pyridine rings is 1. The van der Waals surface area contributed by atoms with Gasteiger partial charge in [-0.2, -0.15) is 13.2 Å². The summed E-state index contributed by atoms with van der Waals surface area (Å²) in [7, 11) is 0. The second-order valence-electron chi connectivity index (χ2n) is 4.87. The smallest absolute Gasteiger partial charge is 0.375 e. The lowest BCUT2D eigenvalue weighted by atomic mass is 10.2. The van der Waals surface area contributed by atoms with Crippen LogP contribution < -0.4 is 5.43 Å². The van der Waals surface area contributed by atoms with Crippen molar-refractivity contribution in [1.29, 1.82) is 0 Å². The Kier molecular flexibility index (Phi) is 3.20. The highest BCUT2D eigenvalue weighted by atomic mass is 19.4. The Hall–Kier alpha value is -1.18. The molecule has 3 rings (SSSR count). The van der Waals surface area contributed by atoms with Crippen LogP contribution in [0.4, 0.5) is 13.2 Å². The zero-order chi connectivity index (χ0) is 13.5. The van der Waals surface area contributed by atoms with Gasteiger partial charge in [0.1, 0.15) is 0 Å². The lowest BCUT2D eigenvalue weighted by Gasteiger charge is -2.27. The standard InChI is InChI=1S/C12H14F3N3O/c13-12(14,15)8-1-2-9(16-4-8)5-17-18-6-11-3-10(18)7-19-11/h1-2,4,10-11,17H,3,5-7H2/t10-,11-/m1/s1. The molecule has 4 nitrogen and oxygen atoms in total. The lowest BCUT2D eigenvalue weighted by Crippen LogP contribution is -2.46. The van der Waals surface area contributed by atoms with E-state index in [-0.39, 0.29) is 6.10 Å². The number of nitrogens with one attached hydrogen (secondary N) is 1. The van der Waals surface area contributed by atoms with Crippen LogP contribution in [0.25, 0.3) is 0 Å². The topological polar surface area (TPSA) is 37.4 Å². The van der Waals surface area contributed by atoms with Crippen LogP contribution in [0.15, 0.2) is 18.3 Å². The Bertz CT molecular complexity index is 449. The van der Waals surface area contributed by atoms with Crippen LogP contribution in [0.2, 0.25) is 0 Å². The molecule has 0 aromatic carbocycles. The molecule has 104 valence electrons. The van der Waals surface area contributed by atoms with Crippen LogP contribution >= 0.6 is 0 Å². The number of hydrogen-bond acceptors (Lipinski definition) is 4. The van der Waals surface area contributed by atoms with Crippen molar-refractivity contribution in [3.8, 4) is 0 Å². The Morgan fingerprint density at radius 1 is 1.42 bits per heavy atom. The number of fused-ring (bicyclic) bond motifs is 2. The molecule has 1 aromatic heterocycles. The zero-order valence-corrected chi connectivity index (χ0v) is 10.2. The van der Waals surface area contributed by atoms with Gasteiger partial charge in [0.15, 0.2) is 0 Å². The van der Waals surface area contributed by atoms with Gasteiger partial charge in [-0.1, -0.05) is 0 Å². The second kappa shape index (κ2) is 4.73. The normalized spacial score (nSPS) is 27.1. The molecule has 0 amide bonds. The number of nitrogens with zero attached hydrogens (tertiary/aromatic N) is 2. The minimum atomic E-state index is -4.33. The number of halogens is 3. The van der Waals surface area contributed by atoms with Gasteiger partial charge < -0.3 is 4.74 Å². The van der Waals surface area contributed by atoms with Crippen molar-refractivity contribution in [1.82, 2.24) is 15.4 Å². The first kappa shape index (κ1) is 12.8. The van der Waals surface area contributed by atoms with Crippen LogP contribution in [-0.2, 0) is 17.5 Å². The van der Waals surface area contributed by atoms with Gasteiger partial charge >= 0.3 is 6.18 Å². The van der Waals surface area contributed by atoms with Crippen LogP contribution in [0.1, 0.15) is 17.7 Å². The van der Waals surface area contributed by atoms with E-state index in [1.807, 2.05) is 0 Å². The van der Waals surface area contributed by atoms with E-state index in [1.165, 1.54) is 6.07 Å². The Morgan fingerprint density at radius 2 is 2.26 bits per heavy atom. The summed E-state index contributed by atoms with van der Waals surface area (Å²) < 4.78 is 42.6. The molecule has 0 spiro atoms. The van der Waals surface area contributed by atoms with Crippen molar-refractivity contribution in [2.24, 2.45) is 0 Å². The number of aromatic nitrogens is 1. The third-order valence-corrected chi connectivity index (χ3v) is 3.52. The van der Waals surface area contributed by atoms with Gasteiger partial charge in [-0.25, -0.2) is 10.4 Å². The highest BCUT2D eigenvalue weighted by Gasteiger charge is 2.38. The molecule has 19 heavy (non-hydrogen) atoms. The van der Waals surface area contributed by atoms with Gasteiger partial charge in [-0.15, -0.1) is 0 Å². The van der Waals surface area contributed by atoms with Crippen LogP contribution in [-0.4, -0.2) is 35.3 Å². The molecule has 7 heteroatoms. The second-order valence-corrected chi connectivity index (χ2v) is 4.87. The number of ether oxygens (including phenoxy) is 1. The average molecular weight is 273 g/mol. The molecule has 2 saturated heterocycles. The molecule has 2 bridgehead atoms. The quantitative estimate of drug-likeness (QED) is 0.907. The summed E-state index contributed by atoms with van der Waals surface area (Å²) in [5.41, 5.74) is 3.07. The average Bonchev–Trinajstić information content (AvgIpc) is 2.98. The number of rotatable bonds is 3. The van der Waals surface area contributed by atoms with E-state index in [0.29, 0.717) is 18.3 Å². The van der Waals surface area contributed by atoms with E-state index in [2.05, 4.69) is 15.4 Å². The van der Waals surface area contributed by atoms with E-state index in [4.69, 9.17) is 4.74 Å². The maximum atomic E-state index is 12.4. The van der Waals surface area contributed by atoms with Gasteiger partial charge in [0.2, 0.25) is 0 Å². The van der Waals surface area contributed by atoms with Gasteiger partial charge in [-0.3, -0.25) is 4.98 Å². The van der Waals surface area contributed by atoms with Crippen molar-refractivity contribution in [2.45, 2.75) is 31.3 Å². The predicted molar refractivity (Wildman–Crippen MR) is 60.9 cm³/mol. The molecule has 1 N–H and O–H groups in total. The number of hydrazine groups is 1. The van der Waals surface area contributed by atoms with Crippen molar-refractivity contribution >= 4 is 0 Å². The van der Waals surface area contributed by atoms with E-state index in [0.717, 1.165) is 31.8 Å². The number of morpholine rings is 1. The Morgan fingerprint density at radius 3 is 2.79 bits per heavy atom. The molecule has 2 aliphatic rings. The monoisotopic (exact) mass is 273 g/mol. The molecular formula is C12H14F3N3O. The fourth-order valence-electron chi connectivity index (χ4n) is 2.47.